The molecule has 0 atom stereocenters. The van der Waals surface area contributed by atoms with Crippen LogP contribution in [-0.4, -0.2) is 86.2 Å². The van der Waals surface area contributed by atoms with Gasteiger partial charge in [-0.15, -0.1) is 0 Å². The number of likely N-dealkylation sites (N-methyl/N-ethyl adjacent to an activating group) is 1. The van der Waals surface area contributed by atoms with E-state index in [1.54, 1.807) is 14.7 Å². The van der Waals surface area contributed by atoms with Crippen molar-refractivity contribution in [3.8, 4) is 0 Å². The van der Waals surface area contributed by atoms with Gasteiger partial charge in [-0.25, -0.2) is 0 Å². The molecule has 0 saturated carbocycles. The van der Waals surface area contributed by atoms with Crippen LogP contribution in [0.4, 0.5) is 0 Å². The van der Waals surface area contributed by atoms with E-state index in [4.69, 9.17) is 23.2 Å². The average Bonchev–Trinajstić information content (AvgIpc) is 2.59. The highest BCUT2D eigenvalue weighted by Gasteiger charge is 2.33. The summed E-state index contributed by atoms with van der Waals surface area (Å²) in [5.74, 6) is 0. The lowest BCUT2D eigenvalue weighted by Crippen LogP contribution is -2.56. The highest BCUT2D eigenvalue weighted by Crippen LogP contribution is 2.24. The lowest BCUT2D eigenvalue weighted by Gasteiger charge is -2.39. The molecular weight excluding hydrogens is 383 g/mol. The molecule has 3 rings (SSSR count). The summed E-state index contributed by atoms with van der Waals surface area (Å²) in [6.45, 7) is 5.95. The predicted molar refractivity (Wildman–Crippen MR) is 101 cm³/mol. The van der Waals surface area contributed by atoms with Gasteiger partial charge in [0.2, 0.25) is 0 Å². The monoisotopic (exact) mass is 406 g/mol. The zero-order valence-electron chi connectivity index (χ0n) is 14.4. The van der Waals surface area contributed by atoms with Crippen LogP contribution in [0.2, 0.25) is 10.0 Å². The fourth-order valence-electron chi connectivity index (χ4n) is 3.20. The van der Waals surface area contributed by atoms with Crippen molar-refractivity contribution in [1.29, 1.82) is 0 Å². The van der Waals surface area contributed by atoms with Gasteiger partial charge in [0.05, 0.1) is 10.0 Å². The van der Waals surface area contributed by atoms with Crippen LogP contribution in [-0.2, 0) is 16.8 Å². The van der Waals surface area contributed by atoms with Crippen molar-refractivity contribution >= 4 is 33.4 Å². The fraction of sp³-hybridized carbons (Fsp3) is 0.625. The minimum Gasteiger partial charge on any atom is -0.304 e. The van der Waals surface area contributed by atoms with Crippen molar-refractivity contribution in [3.63, 3.8) is 0 Å². The van der Waals surface area contributed by atoms with Crippen LogP contribution in [0.1, 0.15) is 5.56 Å². The molecule has 0 spiro atoms. The van der Waals surface area contributed by atoms with Gasteiger partial charge >= 0.3 is 0 Å². The first-order valence-electron chi connectivity index (χ1n) is 8.46. The Morgan fingerprint density at radius 2 is 1.44 bits per heavy atom. The topological polar surface area (TPSA) is 47.1 Å². The Balaban J connectivity index is 1.55. The number of nitrogens with zero attached hydrogens (tertiary/aromatic N) is 4. The van der Waals surface area contributed by atoms with Gasteiger partial charge in [-0.05, 0) is 24.7 Å². The van der Waals surface area contributed by atoms with Crippen molar-refractivity contribution in [3.05, 3.63) is 33.8 Å². The number of benzene rings is 1. The minimum atomic E-state index is -3.34. The van der Waals surface area contributed by atoms with Crippen molar-refractivity contribution in [2.45, 2.75) is 6.54 Å². The van der Waals surface area contributed by atoms with E-state index in [2.05, 4.69) is 9.80 Å². The maximum atomic E-state index is 12.8. The maximum absolute atomic E-state index is 12.8. The molecule has 0 N–H and O–H groups in total. The highest BCUT2D eigenvalue weighted by atomic mass is 35.5. The maximum Gasteiger partial charge on any atom is 0.282 e. The van der Waals surface area contributed by atoms with E-state index < -0.39 is 10.2 Å². The van der Waals surface area contributed by atoms with Crippen LogP contribution in [0.25, 0.3) is 0 Å². The molecule has 2 saturated heterocycles. The zero-order valence-corrected chi connectivity index (χ0v) is 16.7. The summed E-state index contributed by atoms with van der Waals surface area (Å²) in [5, 5.41) is 1.10. The van der Waals surface area contributed by atoms with Crippen molar-refractivity contribution in [2.75, 3.05) is 59.4 Å². The lowest BCUT2D eigenvalue weighted by molar-refractivity contribution is 0.165. The van der Waals surface area contributed by atoms with E-state index >= 15 is 0 Å². The summed E-state index contributed by atoms with van der Waals surface area (Å²) in [7, 11) is -1.32. The van der Waals surface area contributed by atoms with Crippen LogP contribution in [0.15, 0.2) is 18.2 Å². The smallest absolute Gasteiger partial charge is 0.282 e. The Hall–Kier alpha value is -0.410. The molecular formula is C16H24Cl2N4O2S. The summed E-state index contributed by atoms with van der Waals surface area (Å²) in [6.07, 6.45) is 0. The van der Waals surface area contributed by atoms with Crippen LogP contribution in [0, 0.1) is 0 Å². The van der Waals surface area contributed by atoms with Crippen LogP contribution in [0.5, 0.6) is 0 Å². The van der Waals surface area contributed by atoms with Gasteiger partial charge < -0.3 is 4.90 Å². The molecule has 6 nitrogen and oxygen atoms in total. The summed E-state index contributed by atoms with van der Waals surface area (Å²) in [5.41, 5.74) is 1.09. The van der Waals surface area contributed by atoms with E-state index in [-0.39, 0.29) is 0 Å². The second-order valence-corrected chi connectivity index (χ2v) is 9.38. The lowest BCUT2D eigenvalue weighted by atomic mass is 10.2. The third-order valence-corrected chi connectivity index (χ3v) is 7.61. The predicted octanol–water partition coefficient (Wildman–Crippen LogP) is 1.60. The second-order valence-electron chi connectivity index (χ2n) is 6.63. The molecule has 9 heteroatoms. The van der Waals surface area contributed by atoms with Crippen LogP contribution >= 0.6 is 23.2 Å². The molecule has 2 aliphatic rings. The van der Waals surface area contributed by atoms with E-state index in [1.807, 2.05) is 19.2 Å². The highest BCUT2D eigenvalue weighted by molar-refractivity contribution is 7.86. The van der Waals surface area contributed by atoms with Gasteiger partial charge in [0.15, 0.2) is 0 Å². The molecule has 0 unspecified atom stereocenters. The van der Waals surface area contributed by atoms with E-state index in [0.717, 1.165) is 25.2 Å². The first kappa shape index (κ1) is 19.4. The first-order valence-corrected chi connectivity index (χ1v) is 10.6. The van der Waals surface area contributed by atoms with Crippen molar-refractivity contribution in [2.24, 2.45) is 0 Å². The Morgan fingerprint density at radius 3 is 2.00 bits per heavy atom. The van der Waals surface area contributed by atoms with Crippen molar-refractivity contribution < 1.29 is 8.42 Å². The van der Waals surface area contributed by atoms with E-state index in [1.165, 1.54) is 0 Å². The molecule has 2 fully saturated rings. The molecule has 1 aromatic carbocycles. The molecule has 0 bridgehead atoms. The zero-order chi connectivity index (χ0) is 18.0. The van der Waals surface area contributed by atoms with Crippen molar-refractivity contribution in [1.82, 2.24) is 18.4 Å². The summed E-state index contributed by atoms with van der Waals surface area (Å²) in [6, 6.07) is 5.63. The van der Waals surface area contributed by atoms with Gasteiger partial charge in [-0.3, -0.25) is 4.90 Å². The summed E-state index contributed by atoms with van der Waals surface area (Å²) in [4.78, 5) is 4.40. The van der Waals surface area contributed by atoms with Crippen LogP contribution in [0.3, 0.4) is 0 Å². The summed E-state index contributed by atoms with van der Waals surface area (Å²) >= 11 is 12.0. The normalized spacial score (nSPS) is 22.4. The second kappa shape index (κ2) is 8.08. The quantitative estimate of drug-likeness (QED) is 0.761. The standard InChI is InChI=1S/C16H24Cl2N4O2S/c1-19-4-8-21(9-5-19)25(23,24)22-10-6-20(7-11-22)13-14-2-3-15(17)16(18)12-14/h2-3,12H,4-11,13H2,1H3. The Labute approximate surface area is 160 Å². The average molecular weight is 407 g/mol. The molecule has 2 heterocycles. The molecule has 0 aliphatic carbocycles. The summed E-state index contributed by atoms with van der Waals surface area (Å²) < 4.78 is 28.8. The Bertz CT molecular complexity index is 700. The number of rotatable bonds is 4. The third-order valence-electron chi connectivity index (χ3n) is 4.84. The molecule has 1 aromatic rings. The molecule has 2 aliphatic heterocycles. The number of halogens is 2. The number of hydrogen-bond donors (Lipinski definition) is 0. The first-order chi connectivity index (χ1) is 11.9. The molecule has 0 aromatic heterocycles. The van der Waals surface area contributed by atoms with Gasteiger partial charge in [0.1, 0.15) is 0 Å². The molecule has 25 heavy (non-hydrogen) atoms. The largest absolute Gasteiger partial charge is 0.304 e. The molecule has 0 amide bonds. The molecule has 0 radical (unpaired) electrons. The SMILES string of the molecule is CN1CCN(S(=O)(=O)N2CCN(Cc3ccc(Cl)c(Cl)c3)CC2)CC1. The van der Waals surface area contributed by atoms with Crippen LogP contribution < -0.4 is 0 Å². The molecule has 140 valence electrons. The number of hydrogen-bond acceptors (Lipinski definition) is 4. The van der Waals surface area contributed by atoms with Gasteiger partial charge in [-0.2, -0.15) is 17.0 Å². The van der Waals surface area contributed by atoms with Gasteiger partial charge in [0.25, 0.3) is 10.2 Å². The van der Waals surface area contributed by atoms with Gasteiger partial charge in [0, 0.05) is 58.9 Å². The number of piperazine rings is 2. The van der Waals surface area contributed by atoms with Gasteiger partial charge in [-0.1, -0.05) is 29.3 Å². The Kier molecular flexibility index (Phi) is 6.26. The van der Waals surface area contributed by atoms with E-state index in [9.17, 15) is 8.42 Å². The third kappa shape index (κ3) is 4.66. The van der Waals surface area contributed by atoms with E-state index in [0.29, 0.717) is 49.3 Å². The Morgan fingerprint density at radius 1 is 0.880 bits per heavy atom. The minimum absolute atomic E-state index is 0.524. The fourth-order valence-corrected chi connectivity index (χ4v) is 5.09.